The van der Waals surface area contributed by atoms with E-state index in [4.69, 9.17) is 0 Å². The third-order valence-electron chi connectivity index (χ3n) is 3.56. The van der Waals surface area contributed by atoms with Crippen LogP contribution in [0.2, 0.25) is 0 Å². The molecule has 0 aliphatic heterocycles. The van der Waals surface area contributed by atoms with Gasteiger partial charge >= 0.3 is 0 Å². The first-order valence-corrected chi connectivity index (χ1v) is 7.12. The van der Waals surface area contributed by atoms with Crippen LogP contribution < -0.4 is 5.32 Å². The van der Waals surface area contributed by atoms with Gasteiger partial charge in [-0.15, -0.1) is 0 Å². The molecule has 3 aromatic rings. The summed E-state index contributed by atoms with van der Waals surface area (Å²) in [7, 11) is 1.93. The van der Waals surface area contributed by atoms with E-state index < -0.39 is 0 Å². The number of benzene rings is 1. The molecule has 0 saturated heterocycles. The Balaban J connectivity index is 1.94. The molecule has 0 bridgehead atoms. The first kappa shape index (κ1) is 13.6. The molecule has 108 valence electrons. The molecule has 0 saturated carbocycles. The number of nitrogens with one attached hydrogen (secondary N) is 1. The highest BCUT2D eigenvalue weighted by Crippen LogP contribution is 2.19. The van der Waals surface area contributed by atoms with Gasteiger partial charge in [-0.1, -0.05) is 18.2 Å². The molecule has 0 aliphatic rings. The number of aromatic nitrogens is 4. The van der Waals surface area contributed by atoms with Crippen LogP contribution in [0, 0.1) is 0 Å². The van der Waals surface area contributed by atoms with E-state index in [2.05, 4.69) is 26.9 Å². The smallest absolute Gasteiger partial charge is 0.132 e. The molecule has 1 N–H and O–H groups in total. The summed E-state index contributed by atoms with van der Waals surface area (Å²) in [4.78, 5) is 4.47. The Labute approximate surface area is 124 Å². The van der Waals surface area contributed by atoms with Gasteiger partial charge < -0.3 is 9.88 Å². The van der Waals surface area contributed by atoms with Crippen molar-refractivity contribution < 1.29 is 0 Å². The number of imidazole rings is 1. The Morgan fingerprint density at radius 3 is 2.67 bits per heavy atom. The second-order valence-electron chi connectivity index (χ2n) is 4.81. The summed E-state index contributed by atoms with van der Waals surface area (Å²) < 4.78 is 4.02. The highest BCUT2D eigenvalue weighted by molar-refractivity contribution is 5.31. The minimum absolute atomic E-state index is 0.00934. The molecule has 2 aromatic heterocycles. The van der Waals surface area contributed by atoms with Gasteiger partial charge in [-0.05, 0) is 32.2 Å². The molecule has 1 atom stereocenters. The lowest BCUT2D eigenvalue weighted by atomic mass is 10.2. The van der Waals surface area contributed by atoms with Crippen molar-refractivity contribution in [1.29, 1.82) is 0 Å². The molecule has 1 aromatic carbocycles. The predicted molar refractivity (Wildman–Crippen MR) is 82.4 cm³/mol. The fourth-order valence-corrected chi connectivity index (χ4v) is 2.47. The Hall–Kier alpha value is -2.40. The van der Waals surface area contributed by atoms with Crippen molar-refractivity contribution in [3.63, 3.8) is 0 Å². The zero-order chi connectivity index (χ0) is 14.7. The van der Waals surface area contributed by atoms with E-state index in [1.54, 1.807) is 0 Å². The van der Waals surface area contributed by atoms with Crippen LogP contribution >= 0.6 is 0 Å². The van der Waals surface area contributed by atoms with E-state index >= 15 is 0 Å². The quantitative estimate of drug-likeness (QED) is 0.781. The lowest BCUT2D eigenvalue weighted by Gasteiger charge is -2.14. The summed E-state index contributed by atoms with van der Waals surface area (Å²) >= 11 is 0. The number of aryl methyl sites for hydroxylation is 1. The van der Waals surface area contributed by atoms with Crippen molar-refractivity contribution in [3.8, 4) is 5.69 Å². The van der Waals surface area contributed by atoms with Crippen LogP contribution in [0.4, 0.5) is 0 Å². The van der Waals surface area contributed by atoms with Crippen LogP contribution in [0.25, 0.3) is 5.69 Å². The summed E-state index contributed by atoms with van der Waals surface area (Å²) in [6, 6.07) is 12.1. The number of para-hydroxylation sites is 1. The maximum Gasteiger partial charge on any atom is 0.132 e. The fraction of sp³-hybridized carbons (Fsp3) is 0.250. The topological polar surface area (TPSA) is 47.7 Å². The van der Waals surface area contributed by atoms with Crippen LogP contribution in [-0.4, -0.2) is 26.4 Å². The van der Waals surface area contributed by atoms with Crippen molar-refractivity contribution in [3.05, 3.63) is 66.5 Å². The molecule has 21 heavy (non-hydrogen) atoms. The van der Waals surface area contributed by atoms with Crippen molar-refractivity contribution in [2.45, 2.75) is 19.5 Å². The molecule has 3 rings (SSSR count). The van der Waals surface area contributed by atoms with Gasteiger partial charge in [0.05, 0.1) is 11.4 Å². The van der Waals surface area contributed by atoms with Crippen LogP contribution in [-0.2, 0) is 6.54 Å². The highest BCUT2D eigenvalue weighted by Gasteiger charge is 2.19. The molecule has 0 fully saturated rings. The van der Waals surface area contributed by atoms with Crippen LogP contribution in [0.15, 0.2) is 55.0 Å². The summed E-state index contributed by atoms with van der Waals surface area (Å²) in [5.41, 5.74) is 2.01. The maximum absolute atomic E-state index is 4.68. The standard InChI is InChI=1S/C16H19N5/c1-3-20-12-10-18-16(20)15(17-2)14-9-11-21(19-14)13-7-5-4-6-8-13/h4-12,15,17H,3H2,1-2H3. The molecule has 0 amide bonds. The van der Waals surface area contributed by atoms with Gasteiger partial charge in [-0.2, -0.15) is 5.10 Å². The summed E-state index contributed by atoms with van der Waals surface area (Å²) in [5.74, 6) is 0.985. The molecule has 1 unspecified atom stereocenters. The molecule has 0 aliphatic carbocycles. The van der Waals surface area contributed by atoms with Crippen LogP contribution in [0.3, 0.4) is 0 Å². The Kier molecular flexibility index (Phi) is 3.83. The van der Waals surface area contributed by atoms with Crippen molar-refractivity contribution in [2.75, 3.05) is 7.05 Å². The zero-order valence-corrected chi connectivity index (χ0v) is 12.3. The minimum atomic E-state index is -0.00934. The molecular formula is C16H19N5. The van der Waals surface area contributed by atoms with Crippen LogP contribution in [0.1, 0.15) is 24.5 Å². The Morgan fingerprint density at radius 1 is 1.14 bits per heavy atom. The lowest BCUT2D eigenvalue weighted by molar-refractivity contribution is 0.574. The van der Waals surface area contributed by atoms with E-state index in [9.17, 15) is 0 Å². The average molecular weight is 281 g/mol. The second kappa shape index (κ2) is 5.93. The summed E-state index contributed by atoms with van der Waals surface area (Å²) in [6.07, 6.45) is 5.81. The monoisotopic (exact) mass is 281 g/mol. The normalized spacial score (nSPS) is 12.5. The first-order chi connectivity index (χ1) is 10.3. The van der Waals surface area contributed by atoms with E-state index in [1.165, 1.54) is 0 Å². The van der Waals surface area contributed by atoms with Crippen LogP contribution in [0.5, 0.6) is 0 Å². The largest absolute Gasteiger partial charge is 0.334 e. The maximum atomic E-state index is 4.68. The number of hydrogen-bond donors (Lipinski definition) is 1. The molecule has 0 radical (unpaired) electrons. The first-order valence-electron chi connectivity index (χ1n) is 7.12. The Bertz CT molecular complexity index is 698. The summed E-state index contributed by atoms with van der Waals surface area (Å²) in [6.45, 7) is 3.01. The van der Waals surface area contributed by atoms with Gasteiger partial charge in [0, 0.05) is 25.1 Å². The summed E-state index contributed by atoms with van der Waals surface area (Å²) in [5, 5.41) is 7.98. The fourth-order valence-electron chi connectivity index (χ4n) is 2.47. The highest BCUT2D eigenvalue weighted by atomic mass is 15.3. The third-order valence-corrected chi connectivity index (χ3v) is 3.56. The van der Waals surface area contributed by atoms with Gasteiger partial charge in [0.15, 0.2) is 0 Å². The molecule has 0 spiro atoms. The van der Waals surface area contributed by atoms with Gasteiger partial charge in [0.2, 0.25) is 0 Å². The van der Waals surface area contributed by atoms with Gasteiger partial charge in [-0.3, -0.25) is 0 Å². The van der Waals surface area contributed by atoms with Crippen molar-refractivity contribution >= 4 is 0 Å². The molecule has 2 heterocycles. The van der Waals surface area contributed by atoms with E-state index in [0.717, 1.165) is 23.8 Å². The Morgan fingerprint density at radius 2 is 1.95 bits per heavy atom. The second-order valence-corrected chi connectivity index (χ2v) is 4.81. The number of rotatable bonds is 5. The predicted octanol–water partition coefficient (Wildman–Crippen LogP) is 2.40. The van der Waals surface area contributed by atoms with E-state index in [0.29, 0.717) is 0 Å². The molecular weight excluding hydrogens is 262 g/mol. The zero-order valence-electron chi connectivity index (χ0n) is 12.3. The molecule has 5 heteroatoms. The van der Waals surface area contributed by atoms with Gasteiger partial charge in [0.25, 0.3) is 0 Å². The van der Waals surface area contributed by atoms with Gasteiger partial charge in [-0.25, -0.2) is 9.67 Å². The van der Waals surface area contributed by atoms with Gasteiger partial charge in [0.1, 0.15) is 11.9 Å². The van der Waals surface area contributed by atoms with Crippen molar-refractivity contribution in [2.24, 2.45) is 0 Å². The molecule has 5 nitrogen and oxygen atoms in total. The van der Waals surface area contributed by atoms with E-state index in [-0.39, 0.29) is 6.04 Å². The number of hydrogen-bond acceptors (Lipinski definition) is 3. The lowest BCUT2D eigenvalue weighted by Crippen LogP contribution is -2.22. The number of nitrogens with zero attached hydrogens (tertiary/aromatic N) is 4. The average Bonchev–Trinajstić information content (AvgIpc) is 3.19. The SMILES string of the molecule is CCn1ccnc1C(NC)c1ccn(-c2ccccc2)n1. The minimum Gasteiger partial charge on any atom is -0.334 e. The van der Waals surface area contributed by atoms with Crippen molar-refractivity contribution in [1.82, 2.24) is 24.6 Å². The third kappa shape index (κ3) is 2.60. The van der Waals surface area contributed by atoms with E-state index in [1.807, 2.05) is 66.7 Å².